The first-order valence-electron chi connectivity index (χ1n) is 7.67. The molecule has 4 nitrogen and oxygen atoms in total. The van der Waals surface area contributed by atoms with Crippen LogP contribution in [0.15, 0.2) is 36.4 Å². The molecule has 0 radical (unpaired) electrons. The fourth-order valence-electron chi connectivity index (χ4n) is 3.42. The molecule has 1 saturated carbocycles. The summed E-state index contributed by atoms with van der Waals surface area (Å²) in [5.41, 5.74) is 0.622. The van der Waals surface area contributed by atoms with Gasteiger partial charge in [-0.25, -0.2) is 9.59 Å². The minimum atomic E-state index is -1.08. The van der Waals surface area contributed by atoms with Crippen molar-refractivity contribution in [3.63, 3.8) is 0 Å². The predicted molar refractivity (Wildman–Crippen MR) is 80.6 cm³/mol. The molecule has 2 aromatic carbocycles. The van der Waals surface area contributed by atoms with E-state index < -0.39 is 17.7 Å². The number of hydrogen-bond acceptors (Lipinski definition) is 4. The van der Waals surface area contributed by atoms with Gasteiger partial charge in [0.2, 0.25) is 0 Å². The van der Waals surface area contributed by atoms with Crippen LogP contribution in [-0.4, -0.2) is 17.7 Å². The lowest BCUT2D eigenvalue weighted by atomic mass is 9.94. The number of hydrogen-bond donors (Lipinski definition) is 0. The Hall–Kier alpha value is -2.36. The molecule has 0 saturated heterocycles. The number of benzene rings is 2. The van der Waals surface area contributed by atoms with E-state index in [0.717, 1.165) is 30.0 Å². The second kappa shape index (κ2) is 4.83. The molecule has 0 bridgehead atoms. The summed E-state index contributed by atoms with van der Waals surface area (Å²) in [5, 5.41) is 1.64. The van der Waals surface area contributed by atoms with E-state index in [1.54, 1.807) is 6.07 Å². The van der Waals surface area contributed by atoms with Gasteiger partial charge in [-0.1, -0.05) is 36.8 Å². The van der Waals surface area contributed by atoms with E-state index in [4.69, 9.17) is 9.47 Å². The Balaban J connectivity index is 1.88. The van der Waals surface area contributed by atoms with Gasteiger partial charge in [0.15, 0.2) is 0 Å². The maximum atomic E-state index is 12.7. The first kappa shape index (κ1) is 13.3. The summed E-state index contributed by atoms with van der Waals surface area (Å²) < 4.78 is 11.3. The Labute approximate surface area is 128 Å². The van der Waals surface area contributed by atoms with E-state index in [1.807, 2.05) is 30.3 Å². The van der Waals surface area contributed by atoms with Crippen molar-refractivity contribution in [1.29, 1.82) is 0 Å². The summed E-state index contributed by atoms with van der Waals surface area (Å²) in [7, 11) is 0. The maximum absolute atomic E-state index is 12.7. The van der Waals surface area contributed by atoms with Crippen molar-refractivity contribution in [2.24, 2.45) is 0 Å². The number of esters is 2. The molecule has 4 heteroatoms. The van der Waals surface area contributed by atoms with Gasteiger partial charge in [0.25, 0.3) is 5.79 Å². The van der Waals surface area contributed by atoms with Crippen LogP contribution in [-0.2, 0) is 9.47 Å². The zero-order chi connectivity index (χ0) is 15.2. The minimum Gasteiger partial charge on any atom is -0.419 e. The summed E-state index contributed by atoms with van der Waals surface area (Å²) in [6.45, 7) is 0. The molecule has 0 aromatic heterocycles. The number of carbonyl (C=O) groups is 2. The monoisotopic (exact) mass is 296 g/mol. The van der Waals surface area contributed by atoms with Crippen molar-refractivity contribution < 1.29 is 19.1 Å². The van der Waals surface area contributed by atoms with E-state index in [9.17, 15) is 9.59 Å². The fraction of sp³-hybridized carbons (Fsp3) is 0.333. The Bertz CT molecular complexity index is 772. The SMILES string of the molecule is O=C1OC2(CCCCC2)OC(=O)c2c1ccc1ccccc21. The molecular formula is C18H16O4. The predicted octanol–water partition coefficient (Wildman–Crippen LogP) is 3.83. The first-order valence-corrected chi connectivity index (χ1v) is 7.67. The lowest BCUT2D eigenvalue weighted by Gasteiger charge is -2.34. The zero-order valence-corrected chi connectivity index (χ0v) is 12.1. The van der Waals surface area contributed by atoms with E-state index in [0.29, 0.717) is 24.0 Å². The van der Waals surface area contributed by atoms with Gasteiger partial charge in [-0.05, 0) is 29.7 Å². The molecule has 112 valence electrons. The molecule has 1 aliphatic heterocycles. The van der Waals surface area contributed by atoms with Crippen molar-refractivity contribution in [3.05, 3.63) is 47.5 Å². The summed E-state index contributed by atoms with van der Waals surface area (Å²) in [5.74, 6) is -2.00. The summed E-state index contributed by atoms with van der Waals surface area (Å²) in [6, 6.07) is 11.0. The van der Waals surface area contributed by atoms with Gasteiger partial charge in [-0.2, -0.15) is 0 Å². The Morgan fingerprint density at radius 3 is 2.36 bits per heavy atom. The average molecular weight is 296 g/mol. The third kappa shape index (κ3) is 1.98. The standard InChI is InChI=1S/C18H16O4/c19-16-14-9-8-12-6-2-3-7-13(12)15(14)17(20)22-18(21-16)10-4-1-5-11-18/h2-3,6-9H,1,4-5,10-11H2. The molecule has 2 aromatic rings. The van der Waals surface area contributed by atoms with E-state index >= 15 is 0 Å². The van der Waals surface area contributed by atoms with Crippen molar-refractivity contribution >= 4 is 22.7 Å². The highest BCUT2D eigenvalue weighted by molar-refractivity contribution is 6.13. The Morgan fingerprint density at radius 1 is 0.818 bits per heavy atom. The zero-order valence-electron chi connectivity index (χ0n) is 12.1. The number of ether oxygens (including phenoxy) is 2. The highest BCUT2D eigenvalue weighted by atomic mass is 16.7. The smallest absolute Gasteiger partial charge is 0.342 e. The molecular weight excluding hydrogens is 280 g/mol. The number of rotatable bonds is 0. The highest BCUT2D eigenvalue weighted by Crippen LogP contribution is 2.38. The molecule has 4 rings (SSSR count). The fourth-order valence-corrected chi connectivity index (χ4v) is 3.42. The topological polar surface area (TPSA) is 52.6 Å². The van der Waals surface area contributed by atoms with Crippen LogP contribution in [0, 0.1) is 0 Å². The quantitative estimate of drug-likeness (QED) is 0.693. The van der Waals surface area contributed by atoms with Crippen LogP contribution < -0.4 is 0 Å². The van der Waals surface area contributed by atoms with Crippen molar-refractivity contribution in [3.8, 4) is 0 Å². The van der Waals surface area contributed by atoms with Gasteiger partial charge in [-0.15, -0.1) is 0 Å². The van der Waals surface area contributed by atoms with Gasteiger partial charge in [-0.3, -0.25) is 0 Å². The average Bonchev–Trinajstić information content (AvgIpc) is 2.63. The molecule has 22 heavy (non-hydrogen) atoms. The molecule has 0 amide bonds. The molecule has 1 fully saturated rings. The summed E-state index contributed by atoms with van der Waals surface area (Å²) in [4.78, 5) is 25.2. The summed E-state index contributed by atoms with van der Waals surface area (Å²) >= 11 is 0. The van der Waals surface area contributed by atoms with Crippen LogP contribution in [0.4, 0.5) is 0 Å². The second-order valence-corrected chi connectivity index (χ2v) is 5.96. The lowest BCUT2D eigenvalue weighted by molar-refractivity contribution is -0.183. The van der Waals surface area contributed by atoms with Crippen LogP contribution in [0.25, 0.3) is 10.8 Å². The van der Waals surface area contributed by atoms with Gasteiger partial charge in [0.05, 0.1) is 11.1 Å². The molecule has 1 spiro atoms. The maximum Gasteiger partial charge on any atom is 0.342 e. The molecule has 1 heterocycles. The van der Waals surface area contributed by atoms with Crippen molar-refractivity contribution in [2.45, 2.75) is 37.9 Å². The van der Waals surface area contributed by atoms with Gasteiger partial charge in [0, 0.05) is 12.8 Å². The van der Waals surface area contributed by atoms with Crippen LogP contribution in [0.2, 0.25) is 0 Å². The first-order chi connectivity index (χ1) is 10.7. The van der Waals surface area contributed by atoms with Crippen molar-refractivity contribution in [1.82, 2.24) is 0 Å². The van der Waals surface area contributed by atoms with Gasteiger partial charge >= 0.3 is 11.9 Å². The van der Waals surface area contributed by atoms with E-state index in [-0.39, 0.29) is 0 Å². The third-order valence-corrected chi connectivity index (χ3v) is 4.53. The van der Waals surface area contributed by atoms with Crippen LogP contribution in [0.1, 0.15) is 52.8 Å². The second-order valence-electron chi connectivity index (χ2n) is 5.96. The molecule has 0 unspecified atom stereocenters. The third-order valence-electron chi connectivity index (χ3n) is 4.53. The lowest BCUT2D eigenvalue weighted by Crippen LogP contribution is -2.40. The minimum absolute atomic E-state index is 0.297. The Kier molecular flexibility index (Phi) is 2.93. The van der Waals surface area contributed by atoms with Crippen molar-refractivity contribution in [2.75, 3.05) is 0 Å². The molecule has 1 aliphatic carbocycles. The molecule has 0 N–H and O–H groups in total. The number of fused-ring (bicyclic) bond motifs is 3. The van der Waals surface area contributed by atoms with E-state index in [1.165, 1.54) is 0 Å². The van der Waals surface area contributed by atoms with Gasteiger partial charge in [0.1, 0.15) is 0 Å². The highest BCUT2D eigenvalue weighted by Gasteiger charge is 2.44. The Morgan fingerprint density at radius 2 is 1.55 bits per heavy atom. The summed E-state index contributed by atoms with van der Waals surface area (Å²) in [6.07, 6.45) is 4.04. The van der Waals surface area contributed by atoms with Crippen LogP contribution >= 0.6 is 0 Å². The van der Waals surface area contributed by atoms with E-state index in [2.05, 4.69) is 0 Å². The van der Waals surface area contributed by atoms with Crippen LogP contribution in [0.3, 0.4) is 0 Å². The van der Waals surface area contributed by atoms with Gasteiger partial charge < -0.3 is 9.47 Å². The molecule has 0 atom stereocenters. The van der Waals surface area contributed by atoms with Crippen LogP contribution in [0.5, 0.6) is 0 Å². The molecule has 2 aliphatic rings. The largest absolute Gasteiger partial charge is 0.419 e. The normalized spacial score (nSPS) is 20.2. The number of carbonyl (C=O) groups excluding carboxylic acids is 2.